The normalized spacial score (nSPS) is 25.7. The molecule has 6 heteroatoms. The molecule has 2 heterocycles. The second-order valence-corrected chi connectivity index (χ2v) is 8.34. The van der Waals surface area contributed by atoms with Gasteiger partial charge in [0.2, 0.25) is 0 Å². The summed E-state index contributed by atoms with van der Waals surface area (Å²) in [4.78, 5) is 11.3. The number of nitrogens with one attached hydrogen (secondary N) is 1. The fraction of sp³-hybridized carbons (Fsp3) is 0.810. The minimum absolute atomic E-state index is 0.373. The van der Waals surface area contributed by atoms with Crippen LogP contribution in [0.5, 0.6) is 0 Å². The van der Waals surface area contributed by atoms with Gasteiger partial charge in [-0.2, -0.15) is 0 Å². The van der Waals surface area contributed by atoms with Crippen molar-refractivity contribution in [2.75, 3.05) is 39.9 Å². The Hall–Kier alpha value is -1.56. The first-order chi connectivity index (χ1) is 13.2. The Bertz CT molecular complexity index is 579. The van der Waals surface area contributed by atoms with E-state index in [0.29, 0.717) is 17.4 Å². The number of imidazole rings is 1. The molecule has 0 bridgehead atoms. The zero-order valence-corrected chi connectivity index (χ0v) is 17.4. The first kappa shape index (κ1) is 20.2. The molecule has 1 aliphatic heterocycles. The summed E-state index contributed by atoms with van der Waals surface area (Å²) in [7, 11) is 1.91. The summed E-state index contributed by atoms with van der Waals surface area (Å²) in [5.41, 5.74) is 0.373. The van der Waals surface area contributed by atoms with Crippen molar-refractivity contribution < 1.29 is 4.74 Å². The number of hydrogen-bond donors (Lipinski definition) is 1. The topological polar surface area (TPSA) is 54.7 Å². The number of aliphatic imine (C=N–C) groups is 1. The van der Waals surface area contributed by atoms with E-state index in [2.05, 4.69) is 44.8 Å². The Morgan fingerprint density at radius 3 is 2.85 bits per heavy atom. The number of guanidine groups is 1. The van der Waals surface area contributed by atoms with E-state index in [-0.39, 0.29) is 0 Å². The highest BCUT2D eigenvalue weighted by Crippen LogP contribution is 2.40. The molecular weight excluding hydrogens is 338 g/mol. The number of piperidine rings is 1. The monoisotopic (exact) mass is 375 g/mol. The minimum atomic E-state index is 0.373. The molecule has 152 valence electrons. The molecule has 1 N–H and O–H groups in total. The number of likely N-dealkylation sites (tertiary alicyclic amines) is 1. The van der Waals surface area contributed by atoms with Crippen molar-refractivity contribution in [1.29, 1.82) is 0 Å². The van der Waals surface area contributed by atoms with Gasteiger partial charge in [-0.15, -0.1) is 0 Å². The molecule has 0 aromatic carbocycles. The van der Waals surface area contributed by atoms with E-state index in [9.17, 15) is 0 Å². The van der Waals surface area contributed by atoms with Gasteiger partial charge in [-0.1, -0.05) is 19.8 Å². The maximum absolute atomic E-state index is 5.66. The van der Waals surface area contributed by atoms with Crippen LogP contribution in [0.15, 0.2) is 23.7 Å². The van der Waals surface area contributed by atoms with Gasteiger partial charge in [-0.25, -0.2) is 4.98 Å². The standard InChI is InChI=1S/C21H37N5O/c1-4-27-14-10-21(8-5-6-9-21)16-24-20(22-3)25-12-7-18(2)19(15-25)26-13-11-23-17-26/h11,13,17-19H,4-10,12,14-16H2,1-3H3,(H,22,24). The van der Waals surface area contributed by atoms with Crippen molar-refractivity contribution in [3.8, 4) is 0 Å². The van der Waals surface area contributed by atoms with Crippen LogP contribution < -0.4 is 5.32 Å². The van der Waals surface area contributed by atoms with Crippen LogP contribution >= 0.6 is 0 Å². The molecule has 2 unspecified atom stereocenters. The lowest BCUT2D eigenvalue weighted by atomic mass is 9.83. The lowest BCUT2D eigenvalue weighted by Crippen LogP contribution is -2.51. The van der Waals surface area contributed by atoms with E-state index in [0.717, 1.165) is 45.2 Å². The van der Waals surface area contributed by atoms with Gasteiger partial charge < -0.3 is 19.5 Å². The Balaban J connectivity index is 1.59. The first-order valence-electron chi connectivity index (χ1n) is 10.7. The quantitative estimate of drug-likeness (QED) is 0.451. The van der Waals surface area contributed by atoms with Crippen molar-refractivity contribution in [1.82, 2.24) is 19.8 Å². The van der Waals surface area contributed by atoms with Crippen molar-refractivity contribution in [3.63, 3.8) is 0 Å². The molecule has 0 amide bonds. The maximum Gasteiger partial charge on any atom is 0.193 e. The highest BCUT2D eigenvalue weighted by Gasteiger charge is 2.35. The van der Waals surface area contributed by atoms with Gasteiger partial charge in [0.1, 0.15) is 0 Å². The van der Waals surface area contributed by atoms with Crippen LogP contribution in [0, 0.1) is 11.3 Å². The molecule has 0 spiro atoms. The van der Waals surface area contributed by atoms with Crippen molar-refractivity contribution in [3.05, 3.63) is 18.7 Å². The van der Waals surface area contributed by atoms with E-state index < -0.39 is 0 Å². The van der Waals surface area contributed by atoms with Crippen molar-refractivity contribution in [2.45, 2.75) is 58.4 Å². The Labute approximate surface area is 164 Å². The van der Waals surface area contributed by atoms with Crippen LogP contribution in [-0.4, -0.2) is 60.3 Å². The van der Waals surface area contributed by atoms with Crippen LogP contribution in [0.4, 0.5) is 0 Å². The van der Waals surface area contributed by atoms with Gasteiger partial charge in [0.25, 0.3) is 0 Å². The third-order valence-corrected chi connectivity index (χ3v) is 6.60. The first-order valence-corrected chi connectivity index (χ1v) is 10.7. The van der Waals surface area contributed by atoms with Gasteiger partial charge >= 0.3 is 0 Å². The summed E-state index contributed by atoms with van der Waals surface area (Å²) in [5.74, 6) is 1.70. The highest BCUT2D eigenvalue weighted by molar-refractivity contribution is 5.80. The summed E-state index contributed by atoms with van der Waals surface area (Å²) in [5, 5.41) is 3.72. The predicted molar refractivity (Wildman–Crippen MR) is 110 cm³/mol. The lowest BCUT2D eigenvalue weighted by Gasteiger charge is -2.40. The number of nitrogens with zero attached hydrogens (tertiary/aromatic N) is 4. The predicted octanol–water partition coefficient (Wildman–Crippen LogP) is 3.33. The SMILES string of the molecule is CCOCCC1(CNC(=NC)N2CCC(C)C(n3ccnc3)C2)CCCC1. The summed E-state index contributed by atoms with van der Waals surface area (Å²) in [6, 6.07) is 0.457. The Morgan fingerprint density at radius 1 is 1.37 bits per heavy atom. The summed E-state index contributed by atoms with van der Waals surface area (Å²) < 4.78 is 7.91. The zero-order chi connectivity index (χ0) is 19.1. The fourth-order valence-electron chi connectivity index (χ4n) is 4.77. The highest BCUT2D eigenvalue weighted by atomic mass is 16.5. The van der Waals surface area contributed by atoms with Crippen LogP contribution in [0.25, 0.3) is 0 Å². The fourth-order valence-corrected chi connectivity index (χ4v) is 4.77. The van der Waals surface area contributed by atoms with Crippen LogP contribution in [0.1, 0.15) is 58.4 Å². The molecule has 2 fully saturated rings. The number of aromatic nitrogens is 2. The molecule has 2 atom stereocenters. The van der Waals surface area contributed by atoms with E-state index in [1.807, 2.05) is 19.6 Å². The summed E-state index contributed by atoms with van der Waals surface area (Å²) in [6.07, 6.45) is 13.5. The third-order valence-electron chi connectivity index (χ3n) is 6.60. The molecule has 1 aromatic rings. The Morgan fingerprint density at radius 2 is 2.19 bits per heavy atom. The second kappa shape index (κ2) is 9.58. The van der Waals surface area contributed by atoms with Crippen LogP contribution in [-0.2, 0) is 4.74 Å². The Kier molecular flexibility index (Phi) is 7.16. The van der Waals surface area contributed by atoms with Crippen molar-refractivity contribution in [2.24, 2.45) is 16.3 Å². The zero-order valence-electron chi connectivity index (χ0n) is 17.4. The summed E-state index contributed by atoms with van der Waals surface area (Å²) >= 11 is 0. The smallest absolute Gasteiger partial charge is 0.193 e. The van der Waals surface area contributed by atoms with Gasteiger partial charge in [-0.3, -0.25) is 4.99 Å². The molecule has 1 aromatic heterocycles. The maximum atomic E-state index is 5.66. The molecule has 6 nitrogen and oxygen atoms in total. The molecule has 2 aliphatic rings. The lowest BCUT2D eigenvalue weighted by molar-refractivity contribution is 0.104. The van der Waals surface area contributed by atoms with Gasteiger partial charge in [0.15, 0.2) is 5.96 Å². The average Bonchev–Trinajstić information content (AvgIpc) is 3.36. The van der Waals surface area contributed by atoms with Crippen LogP contribution in [0.3, 0.4) is 0 Å². The molecule has 3 rings (SSSR count). The second-order valence-electron chi connectivity index (χ2n) is 8.34. The minimum Gasteiger partial charge on any atom is -0.382 e. The number of rotatable bonds is 7. The van der Waals surface area contributed by atoms with Crippen LogP contribution in [0.2, 0.25) is 0 Å². The molecule has 1 saturated heterocycles. The largest absolute Gasteiger partial charge is 0.382 e. The van der Waals surface area contributed by atoms with E-state index in [1.54, 1.807) is 0 Å². The molecule has 0 radical (unpaired) electrons. The average molecular weight is 376 g/mol. The van der Waals surface area contributed by atoms with Gasteiger partial charge in [0, 0.05) is 52.3 Å². The summed E-state index contributed by atoms with van der Waals surface area (Å²) in [6.45, 7) is 9.18. The molecule has 1 aliphatic carbocycles. The molecule has 1 saturated carbocycles. The van der Waals surface area contributed by atoms with Gasteiger partial charge in [0.05, 0.1) is 12.4 Å². The van der Waals surface area contributed by atoms with Crippen molar-refractivity contribution >= 4 is 5.96 Å². The van der Waals surface area contributed by atoms with Gasteiger partial charge in [-0.05, 0) is 43.9 Å². The van der Waals surface area contributed by atoms with E-state index in [4.69, 9.17) is 4.74 Å². The van der Waals surface area contributed by atoms with E-state index in [1.165, 1.54) is 32.1 Å². The third kappa shape index (κ3) is 5.03. The molecule has 27 heavy (non-hydrogen) atoms. The molecular formula is C21H37N5O. The number of ether oxygens (including phenoxy) is 1. The number of hydrogen-bond acceptors (Lipinski definition) is 3. The van der Waals surface area contributed by atoms with E-state index >= 15 is 0 Å².